The number of nitrogens with two attached hydrogens (primary N) is 1. The first-order valence-corrected chi connectivity index (χ1v) is 7.90. The smallest absolute Gasteiger partial charge is 0.337 e. The number of nitrogens with zero attached hydrogens (tertiary/aromatic N) is 2. The van der Waals surface area contributed by atoms with Crippen LogP contribution in [0.3, 0.4) is 0 Å². The molecule has 0 unspecified atom stereocenters. The van der Waals surface area contributed by atoms with Crippen LogP contribution in [0.25, 0.3) is 0 Å². The van der Waals surface area contributed by atoms with Crippen molar-refractivity contribution >= 4 is 11.7 Å². The zero-order valence-electron chi connectivity index (χ0n) is 14.7. The summed E-state index contributed by atoms with van der Waals surface area (Å²) in [6.45, 7) is 0. The van der Waals surface area contributed by atoms with Gasteiger partial charge in [-0.2, -0.15) is 9.97 Å². The molecule has 0 saturated carbocycles. The molecule has 1 aromatic heterocycles. The zero-order chi connectivity index (χ0) is 19.2. The van der Waals surface area contributed by atoms with E-state index in [1.165, 1.54) is 20.5 Å². The summed E-state index contributed by atoms with van der Waals surface area (Å²) in [6, 6.07) is 13.5. The molecule has 138 valence electrons. The first kappa shape index (κ1) is 18.0. The van der Waals surface area contributed by atoms with Crippen molar-refractivity contribution in [3.8, 4) is 29.0 Å². The Hall–Kier alpha value is -3.81. The Bertz CT molecular complexity index is 944. The lowest BCUT2D eigenvalue weighted by Crippen LogP contribution is -2.02. The monoisotopic (exact) mass is 367 g/mol. The average molecular weight is 367 g/mol. The Morgan fingerprint density at radius 1 is 0.889 bits per heavy atom. The molecule has 0 atom stereocenters. The third-order valence-corrected chi connectivity index (χ3v) is 3.58. The van der Waals surface area contributed by atoms with Crippen LogP contribution in [0.5, 0.6) is 29.0 Å². The van der Waals surface area contributed by atoms with Gasteiger partial charge in [-0.1, -0.05) is 12.1 Å². The van der Waals surface area contributed by atoms with Gasteiger partial charge in [0.2, 0.25) is 11.8 Å². The van der Waals surface area contributed by atoms with E-state index in [4.69, 9.17) is 19.9 Å². The molecule has 0 fully saturated rings. The maximum atomic E-state index is 11.5. The van der Waals surface area contributed by atoms with Crippen LogP contribution in [0.15, 0.2) is 54.9 Å². The SMILES string of the molecule is COC(=O)c1ccc(Oc2ncnc(Oc3ccccc3OC)c2N)cc1. The van der Waals surface area contributed by atoms with E-state index >= 15 is 0 Å². The Morgan fingerprint density at radius 3 is 2.15 bits per heavy atom. The van der Waals surface area contributed by atoms with Crippen LogP contribution in [0.2, 0.25) is 0 Å². The van der Waals surface area contributed by atoms with Gasteiger partial charge in [0.25, 0.3) is 0 Å². The quantitative estimate of drug-likeness (QED) is 0.661. The van der Waals surface area contributed by atoms with Crippen molar-refractivity contribution in [2.45, 2.75) is 0 Å². The Balaban J connectivity index is 1.81. The molecule has 0 aliphatic carbocycles. The zero-order valence-corrected chi connectivity index (χ0v) is 14.7. The number of carbonyl (C=O) groups is 1. The number of hydrogen-bond donors (Lipinski definition) is 1. The van der Waals surface area contributed by atoms with E-state index in [-0.39, 0.29) is 17.4 Å². The molecular weight excluding hydrogens is 350 g/mol. The molecular formula is C19H17N3O5. The van der Waals surface area contributed by atoms with Gasteiger partial charge in [-0.3, -0.25) is 0 Å². The summed E-state index contributed by atoms with van der Waals surface area (Å²) < 4.78 is 21.3. The average Bonchev–Trinajstić information content (AvgIpc) is 2.71. The molecule has 3 rings (SSSR count). The minimum Gasteiger partial charge on any atom is -0.493 e. The second-order valence-corrected chi connectivity index (χ2v) is 5.27. The molecule has 0 bridgehead atoms. The lowest BCUT2D eigenvalue weighted by molar-refractivity contribution is 0.0600. The van der Waals surface area contributed by atoms with E-state index in [0.29, 0.717) is 22.8 Å². The number of carbonyl (C=O) groups excluding carboxylic acids is 1. The normalized spacial score (nSPS) is 10.1. The number of para-hydroxylation sites is 2. The van der Waals surface area contributed by atoms with Gasteiger partial charge >= 0.3 is 5.97 Å². The highest BCUT2D eigenvalue weighted by atomic mass is 16.5. The largest absolute Gasteiger partial charge is 0.493 e. The lowest BCUT2D eigenvalue weighted by atomic mass is 10.2. The first-order chi connectivity index (χ1) is 13.1. The van der Waals surface area contributed by atoms with Crippen LogP contribution in [-0.4, -0.2) is 30.2 Å². The second kappa shape index (κ2) is 8.05. The van der Waals surface area contributed by atoms with Crippen LogP contribution < -0.4 is 19.9 Å². The molecule has 0 aliphatic heterocycles. The standard InChI is InChI=1S/C19H17N3O5/c1-24-14-5-3-4-6-15(14)27-18-16(20)17(21-11-22-18)26-13-9-7-12(8-10-13)19(23)25-2/h3-11H,20H2,1-2H3. The number of rotatable bonds is 6. The van der Waals surface area contributed by atoms with Crippen molar-refractivity contribution in [1.29, 1.82) is 0 Å². The van der Waals surface area contributed by atoms with E-state index in [1.54, 1.807) is 42.5 Å². The van der Waals surface area contributed by atoms with Gasteiger partial charge in [0, 0.05) is 0 Å². The van der Waals surface area contributed by atoms with E-state index in [9.17, 15) is 4.79 Å². The topological polar surface area (TPSA) is 106 Å². The maximum Gasteiger partial charge on any atom is 0.337 e. The fraction of sp³-hybridized carbons (Fsp3) is 0.105. The van der Waals surface area contributed by atoms with E-state index in [0.717, 1.165) is 0 Å². The molecule has 8 heteroatoms. The molecule has 3 aromatic rings. The van der Waals surface area contributed by atoms with Crippen LogP contribution in [-0.2, 0) is 4.74 Å². The molecule has 0 radical (unpaired) electrons. The molecule has 0 saturated heterocycles. The highest BCUT2D eigenvalue weighted by Crippen LogP contribution is 2.36. The van der Waals surface area contributed by atoms with Crippen molar-refractivity contribution in [3.05, 3.63) is 60.4 Å². The van der Waals surface area contributed by atoms with E-state index in [1.807, 2.05) is 6.07 Å². The van der Waals surface area contributed by atoms with Crippen molar-refractivity contribution in [2.24, 2.45) is 0 Å². The van der Waals surface area contributed by atoms with Gasteiger partial charge in [0.15, 0.2) is 17.2 Å². The molecule has 2 N–H and O–H groups in total. The van der Waals surface area contributed by atoms with Crippen molar-refractivity contribution in [3.63, 3.8) is 0 Å². The van der Waals surface area contributed by atoms with Gasteiger partial charge in [-0.05, 0) is 36.4 Å². The molecule has 0 amide bonds. The Kier molecular flexibility index (Phi) is 5.36. The maximum absolute atomic E-state index is 11.5. The number of benzene rings is 2. The highest BCUT2D eigenvalue weighted by Gasteiger charge is 2.15. The van der Waals surface area contributed by atoms with Gasteiger partial charge in [0.05, 0.1) is 19.8 Å². The van der Waals surface area contributed by atoms with Crippen LogP contribution in [0.4, 0.5) is 5.69 Å². The number of hydrogen-bond acceptors (Lipinski definition) is 8. The van der Waals surface area contributed by atoms with E-state index in [2.05, 4.69) is 14.7 Å². The predicted molar refractivity (Wildman–Crippen MR) is 97.4 cm³/mol. The molecule has 2 aromatic carbocycles. The van der Waals surface area contributed by atoms with Crippen LogP contribution in [0.1, 0.15) is 10.4 Å². The number of esters is 1. The number of ether oxygens (including phenoxy) is 4. The number of methoxy groups -OCH3 is 2. The van der Waals surface area contributed by atoms with Crippen molar-refractivity contribution in [2.75, 3.05) is 20.0 Å². The molecule has 0 aliphatic rings. The van der Waals surface area contributed by atoms with E-state index < -0.39 is 5.97 Å². The van der Waals surface area contributed by atoms with Crippen LogP contribution in [0, 0.1) is 0 Å². The minimum absolute atomic E-state index is 0.125. The molecule has 8 nitrogen and oxygen atoms in total. The third-order valence-electron chi connectivity index (χ3n) is 3.58. The van der Waals surface area contributed by atoms with Gasteiger partial charge < -0.3 is 24.7 Å². The third kappa shape index (κ3) is 4.06. The second-order valence-electron chi connectivity index (χ2n) is 5.27. The first-order valence-electron chi connectivity index (χ1n) is 7.90. The molecule has 0 spiro atoms. The van der Waals surface area contributed by atoms with Gasteiger partial charge in [-0.25, -0.2) is 4.79 Å². The molecule has 27 heavy (non-hydrogen) atoms. The lowest BCUT2D eigenvalue weighted by Gasteiger charge is -2.12. The number of nitrogen functional groups attached to an aromatic ring is 1. The summed E-state index contributed by atoms with van der Waals surface area (Å²) in [7, 11) is 2.86. The number of anilines is 1. The summed E-state index contributed by atoms with van der Waals surface area (Å²) >= 11 is 0. The fourth-order valence-electron chi connectivity index (χ4n) is 2.22. The predicted octanol–water partition coefficient (Wildman–Crippen LogP) is 3.44. The Morgan fingerprint density at radius 2 is 1.52 bits per heavy atom. The highest BCUT2D eigenvalue weighted by molar-refractivity contribution is 5.89. The summed E-state index contributed by atoms with van der Waals surface area (Å²) in [5.41, 5.74) is 6.61. The fourth-order valence-corrected chi connectivity index (χ4v) is 2.22. The molecule has 1 heterocycles. The summed E-state index contributed by atoms with van der Waals surface area (Å²) in [5, 5.41) is 0. The van der Waals surface area contributed by atoms with Crippen molar-refractivity contribution < 1.29 is 23.7 Å². The summed E-state index contributed by atoms with van der Waals surface area (Å²) in [6.07, 6.45) is 1.28. The Labute approximate surface area is 155 Å². The van der Waals surface area contributed by atoms with Gasteiger partial charge in [0.1, 0.15) is 12.1 Å². The number of aromatic nitrogens is 2. The minimum atomic E-state index is -0.435. The van der Waals surface area contributed by atoms with Gasteiger partial charge in [-0.15, -0.1) is 0 Å². The summed E-state index contributed by atoms with van der Waals surface area (Å²) in [5.74, 6) is 1.26. The van der Waals surface area contributed by atoms with Crippen molar-refractivity contribution in [1.82, 2.24) is 9.97 Å². The van der Waals surface area contributed by atoms with Crippen LogP contribution >= 0.6 is 0 Å². The summed E-state index contributed by atoms with van der Waals surface area (Å²) in [4.78, 5) is 19.6.